The Morgan fingerprint density at radius 1 is 1.78 bits per heavy atom. The van der Waals surface area contributed by atoms with Gasteiger partial charge in [-0.25, -0.2) is 0 Å². The van der Waals surface area contributed by atoms with Crippen LogP contribution in [0, 0.1) is 11.3 Å². The molecule has 2 heteroatoms. The second kappa shape index (κ2) is 4.79. The van der Waals surface area contributed by atoms with Crippen LogP contribution in [-0.2, 0) is 0 Å². The van der Waals surface area contributed by atoms with Crippen LogP contribution < -0.4 is 0 Å². The number of rotatable bonds is 3. The summed E-state index contributed by atoms with van der Waals surface area (Å²) in [6, 6.07) is 1.95. The molecule has 0 radical (unpaired) electrons. The molecule has 0 N–H and O–H groups in total. The highest BCUT2D eigenvalue weighted by molar-refractivity contribution is 5.30. The SMILES string of the molecule is C=C/C=C(/CC#N)N=C. The third kappa shape index (κ3) is 3.24. The quantitative estimate of drug-likeness (QED) is 0.412. The highest BCUT2D eigenvalue weighted by Gasteiger charge is 1.85. The van der Waals surface area contributed by atoms with E-state index in [1.54, 1.807) is 12.2 Å². The van der Waals surface area contributed by atoms with Crippen LogP contribution in [0.1, 0.15) is 6.42 Å². The van der Waals surface area contributed by atoms with E-state index < -0.39 is 0 Å². The first-order valence-electron chi connectivity index (χ1n) is 2.50. The standard InChI is InChI=1S/C7H8N2/c1-3-4-7(9-2)5-6-8/h3-4H,1-2,5H2/b7-4-. The first kappa shape index (κ1) is 7.64. The van der Waals surface area contributed by atoms with Gasteiger partial charge in [-0.3, -0.25) is 4.99 Å². The van der Waals surface area contributed by atoms with Crippen molar-refractivity contribution in [1.29, 1.82) is 5.26 Å². The summed E-state index contributed by atoms with van der Waals surface area (Å²) < 4.78 is 0. The highest BCUT2D eigenvalue weighted by atomic mass is 14.7. The fourth-order valence-electron chi connectivity index (χ4n) is 0.385. The second-order valence-electron chi connectivity index (χ2n) is 1.39. The van der Waals surface area contributed by atoms with Crippen molar-refractivity contribution < 1.29 is 0 Å². The zero-order valence-electron chi connectivity index (χ0n) is 5.17. The lowest BCUT2D eigenvalue weighted by atomic mass is 10.3. The van der Waals surface area contributed by atoms with E-state index in [0.717, 1.165) is 0 Å². The molecule has 0 rings (SSSR count). The van der Waals surface area contributed by atoms with Gasteiger partial charge in [-0.15, -0.1) is 0 Å². The Morgan fingerprint density at radius 3 is 2.78 bits per heavy atom. The minimum absolute atomic E-state index is 0.301. The van der Waals surface area contributed by atoms with Gasteiger partial charge in [0.15, 0.2) is 0 Å². The van der Waals surface area contributed by atoms with Crippen LogP contribution in [0.5, 0.6) is 0 Å². The first-order valence-corrected chi connectivity index (χ1v) is 2.50. The van der Waals surface area contributed by atoms with Gasteiger partial charge in [0.1, 0.15) is 0 Å². The van der Waals surface area contributed by atoms with Crippen molar-refractivity contribution in [2.75, 3.05) is 0 Å². The Hall–Kier alpha value is -1.36. The fraction of sp³-hybridized carbons (Fsp3) is 0.143. The molecule has 0 aromatic heterocycles. The highest BCUT2D eigenvalue weighted by Crippen LogP contribution is 1.99. The Labute approximate surface area is 54.8 Å². The number of hydrogen-bond acceptors (Lipinski definition) is 2. The molecule has 0 fully saturated rings. The van der Waals surface area contributed by atoms with Crippen LogP contribution in [0.3, 0.4) is 0 Å². The molecular weight excluding hydrogens is 112 g/mol. The van der Waals surface area contributed by atoms with E-state index in [0.29, 0.717) is 12.1 Å². The van der Waals surface area contributed by atoms with Gasteiger partial charge >= 0.3 is 0 Å². The van der Waals surface area contributed by atoms with Crippen molar-refractivity contribution in [3.63, 3.8) is 0 Å². The van der Waals surface area contributed by atoms with Gasteiger partial charge in [-0.2, -0.15) is 5.26 Å². The smallest absolute Gasteiger partial charge is 0.0774 e. The number of nitriles is 1. The number of allylic oxidation sites excluding steroid dienone is 3. The van der Waals surface area contributed by atoms with Crippen molar-refractivity contribution in [1.82, 2.24) is 0 Å². The van der Waals surface area contributed by atoms with Gasteiger partial charge in [-0.1, -0.05) is 12.7 Å². The molecule has 0 aliphatic rings. The molecule has 46 valence electrons. The average Bonchev–Trinajstić information content (AvgIpc) is 1.88. The number of aliphatic imine (C=N–C) groups is 1. The Balaban J connectivity index is 4.00. The maximum atomic E-state index is 8.18. The fourth-order valence-corrected chi connectivity index (χ4v) is 0.385. The molecule has 0 aliphatic heterocycles. The van der Waals surface area contributed by atoms with Crippen LogP contribution >= 0.6 is 0 Å². The molecule has 0 saturated heterocycles. The van der Waals surface area contributed by atoms with Crippen molar-refractivity contribution in [2.24, 2.45) is 4.99 Å². The molecule has 9 heavy (non-hydrogen) atoms. The predicted molar refractivity (Wildman–Crippen MR) is 38.1 cm³/mol. The van der Waals surface area contributed by atoms with E-state index in [2.05, 4.69) is 18.3 Å². The van der Waals surface area contributed by atoms with Gasteiger partial charge < -0.3 is 0 Å². The first-order chi connectivity index (χ1) is 4.35. The summed E-state index contributed by atoms with van der Waals surface area (Å²) in [5, 5.41) is 8.18. The van der Waals surface area contributed by atoms with Crippen molar-refractivity contribution >= 4 is 6.72 Å². The third-order valence-corrected chi connectivity index (χ3v) is 0.774. The summed E-state index contributed by atoms with van der Waals surface area (Å²) in [5.41, 5.74) is 0.660. The zero-order chi connectivity index (χ0) is 7.11. The molecule has 0 unspecified atom stereocenters. The van der Waals surface area contributed by atoms with Crippen molar-refractivity contribution in [2.45, 2.75) is 6.42 Å². The summed E-state index contributed by atoms with van der Waals surface area (Å²) in [6.07, 6.45) is 3.55. The molecule has 0 aromatic rings. The summed E-state index contributed by atoms with van der Waals surface area (Å²) in [7, 11) is 0. The maximum absolute atomic E-state index is 8.18. The zero-order valence-corrected chi connectivity index (χ0v) is 5.17. The van der Waals surface area contributed by atoms with Crippen molar-refractivity contribution in [3.05, 3.63) is 24.4 Å². The van der Waals surface area contributed by atoms with E-state index in [1.807, 2.05) is 6.07 Å². The molecule has 0 bridgehead atoms. The van der Waals surface area contributed by atoms with E-state index >= 15 is 0 Å². The van der Waals surface area contributed by atoms with Gasteiger partial charge in [0.25, 0.3) is 0 Å². The van der Waals surface area contributed by atoms with Gasteiger partial charge in [-0.05, 0) is 12.8 Å². The molecule has 0 atom stereocenters. The maximum Gasteiger partial charge on any atom is 0.0774 e. The Kier molecular flexibility index (Phi) is 4.07. The van der Waals surface area contributed by atoms with E-state index in [-0.39, 0.29) is 0 Å². The summed E-state index contributed by atoms with van der Waals surface area (Å²) in [6.45, 7) is 6.74. The predicted octanol–water partition coefficient (Wildman–Crippen LogP) is 1.67. The van der Waals surface area contributed by atoms with Crippen molar-refractivity contribution in [3.8, 4) is 6.07 Å². The van der Waals surface area contributed by atoms with Gasteiger partial charge in [0.05, 0.1) is 18.2 Å². The number of hydrogen-bond donors (Lipinski definition) is 0. The average molecular weight is 120 g/mol. The Morgan fingerprint density at radius 2 is 2.44 bits per heavy atom. The van der Waals surface area contributed by atoms with E-state index in [1.165, 1.54) is 0 Å². The molecule has 0 heterocycles. The molecule has 0 aromatic carbocycles. The largest absolute Gasteiger partial charge is 0.268 e. The molecule has 0 amide bonds. The monoisotopic (exact) mass is 120 g/mol. The summed E-state index contributed by atoms with van der Waals surface area (Å²) >= 11 is 0. The van der Waals surface area contributed by atoms with E-state index in [4.69, 9.17) is 5.26 Å². The lowest BCUT2D eigenvalue weighted by Gasteiger charge is -1.86. The summed E-state index contributed by atoms with van der Waals surface area (Å²) in [4.78, 5) is 3.58. The third-order valence-electron chi connectivity index (χ3n) is 0.774. The lowest BCUT2D eigenvalue weighted by Crippen LogP contribution is -1.72. The van der Waals surface area contributed by atoms with Crippen LogP contribution in [0.25, 0.3) is 0 Å². The lowest BCUT2D eigenvalue weighted by molar-refractivity contribution is 1.18. The van der Waals surface area contributed by atoms with Crippen LogP contribution in [0.4, 0.5) is 0 Å². The Bertz CT molecular complexity index is 172. The summed E-state index contributed by atoms with van der Waals surface area (Å²) in [5.74, 6) is 0. The second-order valence-corrected chi connectivity index (χ2v) is 1.39. The molecular formula is C7H8N2. The number of nitrogens with zero attached hydrogens (tertiary/aromatic N) is 2. The van der Waals surface area contributed by atoms with Crippen LogP contribution in [-0.4, -0.2) is 6.72 Å². The molecule has 2 nitrogen and oxygen atoms in total. The van der Waals surface area contributed by atoms with Crippen LogP contribution in [0.15, 0.2) is 29.4 Å². The molecule has 0 aliphatic carbocycles. The minimum Gasteiger partial charge on any atom is -0.268 e. The van der Waals surface area contributed by atoms with Crippen LogP contribution in [0.2, 0.25) is 0 Å². The van der Waals surface area contributed by atoms with E-state index in [9.17, 15) is 0 Å². The van der Waals surface area contributed by atoms with Gasteiger partial charge in [0.2, 0.25) is 0 Å². The molecule has 0 saturated carbocycles. The van der Waals surface area contributed by atoms with Gasteiger partial charge in [0, 0.05) is 0 Å². The minimum atomic E-state index is 0.301. The molecule has 0 spiro atoms. The topological polar surface area (TPSA) is 36.1 Å². The normalized spacial score (nSPS) is 9.89.